The number of ether oxygens (including phenoxy) is 1. The van der Waals surface area contributed by atoms with Crippen LogP contribution in [0.25, 0.3) is 33.7 Å². The van der Waals surface area contributed by atoms with Gasteiger partial charge < -0.3 is 4.74 Å². The predicted molar refractivity (Wildman–Crippen MR) is 138 cm³/mol. The second-order valence-electron chi connectivity index (χ2n) is 8.12. The van der Waals surface area contributed by atoms with Crippen molar-refractivity contribution in [3.63, 3.8) is 0 Å². The summed E-state index contributed by atoms with van der Waals surface area (Å²) in [7, 11) is 1.72. The molecule has 0 saturated carbocycles. The van der Waals surface area contributed by atoms with Gasteiger partial charge in [-0.2, -0.15) is 0 Å². The van der Waals surface area contributed by atoms with Gasteiger partial charge in [-0.1, -0.05) is 73.5 Å². The molecule has 4 aromatic rings. The van der Waals surface area contributed by atoms with Crippen molar-refractivity contribution in [3.8, 4) is 5.75 Å². The predicted octanol–water partition coefficient (Wildman–Crippen LogP) is 8.68. The first-order valence-corrected chi connectivity index (χ1v) is 12.0. The Morgan fingerprint density at radius 3 is 2.32 bits per heavy atom. The first-order chi connectivity index (χ1) is 15.1. The van der Waals surface area contributed by atoms with Crippen LogP contribution in [0, 0.1) is 13.8 Å². The highest BCUT2D eigenvalue weighted by atomic mass is 32.2. The molecule has 4 aromatic carbocycles. The summed E-state index contributed by atoms with van der Waals surface area (Å²) < 4.78 is 5.42. The van der Waals surface area contributed by atoms with E-state index in [2.05, 4.69) is 87.5 Å². The Balaban J connectivity index is 1.83. The Labute approximate surface area is 190 Å². The third-order valence-corrected chi connectivity index (χ3v) is 7.00. The third-order valence-electron chi connectivity index (χ3n) is 5.84. The highest BCUT2D eigenvalue weighted by Gasteiger charge is 2.08. The number of aryl methyl sites for hydroxylation is 2. The molecule has 4 rings (SSSR count). The molecule has 0 N–H and O–H groups in total. The van der Waals surface area contributed by atoms with E-state index in [1.54, 1.807) is 7.11 Å². The molecule has 0 aliphatic carbocycles. The van der Waals surface area contributed by atoms with Gasteiger partial charge in [0.25, 0.3) is 0 Å². The van der Waals surface area contributed by atoms with Crippen molar-refractivity contribution in [2.24, 2.45) is 0 Å². The minimum Gasteiger partial charge on any atom is -0.497 e. The topological polar surface area (TPSA) is 9.23 Å². The van der Waals surface area contributed by atoms with Crippen molar-refractivity contribution in [1.29, 1.82) is 0 Å². The summed E-state index contributed by atoms with van der Waals surface area (Å²) in [5.41, 5.74) is 5.18. The molecule has 0 spiro atoms. The van der Waals surface area contributed by atoms with Gasteiger partial charge in [-0.25, -0.2) is 0 Å². The normalized spacial score (nSPS) is 11.6. The number of benzene rings is 4. The van der Waals surface area contributed by atoms with Gasteiger partial charge in [-0.15, -0.1) is 11.8 Å². The van der Waals surface area contributed by atoms with Crippen molar-refractivity contribution in [2.75, 3.05) is 12.9 Å². The largest absolute Gasteiger partial charge is 0.497 e. The molecule has 0 fully saturated rings. The number of hydrogen-bond donors (Lipinski definition) is 0. The molecule has 2 heteroatoms. The monoisotopic (exact) mass is 426 g/mol. The van der Waals surface area contributed by atoms with E-state index in [9.17, 15) is 0 Å². The second-order valence-corrected chi connectivity index (χ2v) is 9.26. The maximum Gasteiger partial charge on any atom is 0.119 e. The van der Waals surface area contributed by atoms with E-state index >= 15 is 0 Å². The van der Waals surface area contributed by atoms with Crippen molar-refractivity contribution in [1.82, 2.24) is 0 Å². The van der Waals surface area contributed by atoms with Crippen LogP contribution in [0.2, 0.25) is 0 Å². The number of hydrogen-bond acceptors (Lipinski definition) is 2. The molecule has 31 heavy (non-hydrogen) atoms. The molecular weight excluding hydrogens is 396 g/mol. The Hall–Kier alpha value is -2.71. The lowest BCUT2D eigenvalue weighted by atomic mass is 9.97. The molecule has 0 heterocycles. The fourth-order valence-electron chi connectivity index (χ4n) is 4.03. The lowest BCUT2D eigenvalue weighted by molar-refractivity contribution is 0.415. The lowest BCUT2D eigenvalue weighted by Gasteiger charge is -2.12. The smallest absolute Gasteiger partial charge is 0.119 e. The molecule has 1 nitrogen and oxygen atoms in total. The van der Waals surface area contributed by atoms with E-state index in [0.29, 0.717) is 0 Å². The molecule has 0 radical (unpaired) electrons. The summed E-state index contributed by atoms with van der Waals surface area (Å²) in [6.07, 6.45) is 7.08. The Morgan fingerprint density at radius 2 is 1.52 bits per heavy atom. The van der Waals surface area contributed by atoms with Crippen molar-refractivity contribution in [2.45, 2.75) is 38.5 Å². The summed E-state index contributed by atoms with van der Waals surface area (Å²) in [4.78, 5) is 1.36. The zero-order valence-corrected chi connectivity index (χ0v) is 19.7. The average molecular weight is 427 g/mol. The zero-order valence-electron chi connectivity index (χ0n) is 18.9. The zero-order chi connectivity index (χ0) is 21.8. The number of fused-ring (bicyclic) bond motifs is 2. The van der Waals surface area contributed by atoms with Gasteiger partial charge in [0.15, 0.2) is 0 Å². The number of thioether (sulfide) groups is 1. The van der Waals surface area contributed by atoms with Gasteiger partial charge in [0, 0.05) is 4.90 Å². The number of rotatable bonds is 7. The first kappa shape index (κ1) is 21.5. The molecule has 0 aromatic heterocycles. The quantitative estimate of drug-likeness (QED) is 0.166. The summed E-state index contributed by atoms with van der Waals surface area (Å²) in [5, 5.41) is 5.09. The molecule has 0 unspecified atom stereocenters. The fourth-order valence-corrected chi connectivity index (χ4v) is 5.18. The Kier molecular flexibility index (Phi) is 6.67. The first-order valence-electron chi connectivity index (χ1n) is 11.0. The van der Waals surface area contributed by atoms with Crippen LogP contribution in [0.15, 0.2) is 65.6 Å². The van der Waals surface area contributed by atoms with Gasteiger partial charge >= 0.3 is 0 Å². The number of unbranched alkanes of at least 4 members (excludes halogenated alkanes) is 1. The van der Waals surface area contributed by atoms with Crippen LogP contribution < -0.4 is 4.74 Å². The minimum atomic E-state index is 0.894. The molecule has 0 aliphatic heterocycles. The Bertz CT molecular complexity index is 1250. The van der Waals surface area contributed by atoms with Crippen molar-refractivity contribution in [3.05, 3.63) is 82.9 Å². The lowest BCUT2D eigenvalue weighted by Crippen LogP contribution is -1.89. The van der Waals surface area contributed by atoms with Crippen LogP contribution >= 0.6 is 11.8 Å². The van der Waals surface area contributed by atoms with Gasteiger partial charge in [-0.05, 0) is 82.5 Å². The molecule has 0 atom stereocenters. The van der Waals surface area contributed by atoms with Gasteiger partial charge in [0.2, 0.25) is 0 Å². The van der Waals surface area contributed by atoms with E-state index in [0.717, 1.165) is 11.5 Å². The van der Waals surface area contributed by atoms with Crippen LogP contribution in [0.1, 0.15) is 42.0 Å². The van der Waals surface area contributed by atoms with E-state index in [1.807, 2.05) is 17.8 Å². The van der Waals surface area contributed by atoms with Crippen LogP contribution in [-0.2, 0) is 0 Å². The molecule has 0 aliphatic rings. The van der Waals surface area contributed by atoms with Crippen LogP contribution in [0.3, 0.4) is 0 Å². The van der Waals surface area contributed by atoms with E-state index in [4.69, 9.17) is 4.74 Å². The van der Waals surface area contributed by atoms with Crippen LogP contribution in [-0.4, -0.2) is 12.9 Å². The summed E-state index contributed by atoms with van der Waals surface area (Å²) >= 11 is 1.97. The maximum atomic E-state index is 5.42. The molecule has 158 valence electrons. The van der Waals surface area contributed by atoms with Crippen LogP contribution in [0.5, 0.6) is 5.75 Å². The van der Waals surface area contributed by atoms with Gasteiger partial charge in [-0.3, -0.25) is 0 Å². The van der Waals surface area contributed by atoms with E-state index in [1.165, 1.54) is 61.5 Å². The maximum absolute atomic E-state index is 5.42. The van der Waals surface area contributed by atoms with E-state index < -0.39 is 0 Å². The summed E-state index contributed by atoms with van der Waals surface area (Å²) in [6, 6.07) is 22.0. The van der Waals surface area contributed by atoms with Crippen molar-refractivity contribution < 1.29 is 4.74 Å². The average Bonchev–Trinajstić information content (AvgIpc) is 2.78. The highest BCUT2D eigenvalue weighted by molar-refractivity contribution is 7.99. The summed E-state index contributed by atoms with van der Waals surface area (Å²) in [5.74, 6) is 2.05. The van der Waals surface area contributed by atoms with Crippen LogP contribution in [0.4, 0.5) is 0 Å². The SMILES string of the molecule is CCCCSc1ccc2cc(C)ccc2c1/C=C/c1c(C)ccc2cc(OC)ccc12. The molecule has 0 saturated heterocycles. The van der Waals surface area contributed by atoms with Crippen molar-refractivity contribution >= 4 is 45.5 Å². The Morgan fingerprint density at radius 1 is 0.806 bits per heavy atom. The second kappa shape index (κ2) is 9.62. The van der Waals surface area contributed by atoms with E-state index in [-0.39, 0.29) is 0 Å². The fraction of sp³-hybridized carbons (Fsp3) is 0.241. The third kappa shape index (κ3) is 4.65. The molecule has 0 amide bonds. The summed E-state index contributed by atoms with van der Waals surface area (Å²) in [6.45, 7) is 6.60. The molecule has 0 bridgehead atoms. The minimum absolute atomic E-state index is 0.894. The molecular formula is C29H30OS. The highest BCUT2D eigenvalue weighted by Crippen LogP contribution is 2.34. The standard InChI is InChI=1S/C29H30OS/c1-5-6-17-31-29-16-10-22-18-20(2)7-12-27(22)28(29)15-14-25-21(3)8-9-23-19-24(30-4)11-13-26(23)25/h7-16,18-19H,5-6,17H2,1-4H3/b15-14+. The number of methoxy groups -OCH3 is 1. The van der Waals surface area contributed by atoms with Gasteiger partial charge in [0.1, 0.15) is 5.75 Å². The van der Waals surface area contributed by atoms with Gasteiger partial charge in [0.05, 0.1) is 7.11 Å².